The first-order valence-corrected chi connectivity index (χ1v) is 9.07. The van der Waals surface area contributed by atoms with Crippen LogP contribution in [0.2, 0.25) is 0 Å². The summed E-state index contributed by atoms with van der Waals surface area (Å²) in [6.45, 7) is 3.80. The number of hydrogen-bond donors (Lipinski definition) is 3. The van der Waals surface area contributed by atoms with Gasteiger partial charge in [-0.3, -0.25) is 25.2 Å². The van der Waals surface area contributed by atoms with Crippen LogP contribution in [0.25, 0.3) is 0 Å². The Morgan fingerprint density at radius 1 is 1.15 bits per heavy atom. The zero-order chi connectivity index (χ0) is 19.6. The second kappa shape index (κ2) is 7.75. The van der Waals surface area contributed by atoms with Crippen LogP contribution < -0.4 is 15.9 Å². The van der Waals surface area contributed by atoms with Crippen molar-refractivity contribution in [3.8, 4) is 0 Å². The highest BCUT2D eigenvalue weighted by Crippen LogP contribution is 2.25. The van der Waals surface area contributed by atoms with Crippen molar-refractivity contribution in [3.63, 3.8) is 0 Å². The fraction of sp³-hybridized carbons (Fsp3) is 0.222. The largest absolute Gasteiger partial charge is 0.356 e. The van der Waals surface area contributed by atoms with Crippen molar-refractivity contribution in [1.82, 2.24) is 15.8 Å². The third kappa shape index (κ3) is 4.25. The van der Waals surface area contributed by atoms with Gasteiger partial charge < -0.3 is 4.98 Å². The smallest absolute Gasteiger partial charge is 0.286 e. The van der Waals surface area contributed by atoms with Gasteiger partial charge in [0.15, 0.2) is 0 Å². The topological polar surface area (TPSA) is 107 Å². The number of benzene rings is 1. The van der Waals surface area contributed by atoms with E-state index < -0.39 is 11.8 Å². The molecule has 8 nitrogen and oxygen atoms in total. The van der Waals surface area contributed by atoms with Gasteiger partial charge in [0, 0.05) is 23.5 Å². The predicted molar refractivity (Wildman–Crippen MR) is 104 cm³/mol. The molecule has 1 aromatic heterocycles. The van der Waals surface area contributed by atoms with Crippen molar-refractivity contribution in [1.29, 1.82) is 0 Å². The first-order valence-electron chi connectivity index (χ1n) is 8.27. The van der Waals surface area contributed by atoms with Gasteiger partial charge in [0.25, 0.3) is 11.8 Å². The van der Waals surface area contributed by atoms with E-state index in [1.807, 2.05) is 32.0 Å². The molecule has 0 unspecified atom stereocenters. The van der Waals surface area contributed by atoms with E-state index in [-0.39, 0.29) is 24.5 Å². The third-order valence-corrected chi connectivity index (χ3v) is 4.53. The maximum Gasteiger partial charge on any atom is 0.286 e. The SMILES string of the molecule is Cc1ccc(C)c(N2N=C(C(=O)NNC(=O)c3cc(Br)c[nH]3)CCC2=O)c1. The Bertz CT molecular complexity index is 950. The number of hydrazone groups is 1. The Hall–Kier alpha value is -2.94. The van der Waals surface area contributed by atoms with E-state index in [1.165, 1.54) is 5.01 Å². The minimum atomic E-state index is -0.559. The summed E-state index contributed by atoms with van der Waals surface area (Å²) in [4.78, 5) is 39.4. The molecule has 0 saturated carbocycles. The summed E-state index contributed by atoms with van der Waals surface area (Å²) < 4.78 is 0.721. The van der Waals surface area contributed by atoms with Gasteiger partial charge in [0.2, 0.25) is 5.91 Å². The average molecular weight is 432 g/mol. The van der Waals surface area contributed by atoms with Crippen LogP contribution in [0.3, 0.4) is 0 Å². The fourth-order valence-electron chi connectivity index (χ4n) is 2.60. The normalized spacial score (nSPS) is 14.0. The second-order valence-corrected chi connectivity index (χ2v) is 7.10. The van der Waals surface area contributed by atoms with Crippen molar-refractivity contribution in [2.75, 3.05) is 5.01 Å². The maximum absolute atomic E-state index is 12.4. The number of H-pyrrole nitrogens is 1. The molecule has 0 saturated heterocycles. The Labute approximate surface area is 164 Å². The molecule has 0 spiro atoms. The van der Waals surface area contributed by atoms with Crippen molar-refractivity contribution in [2.24, 2.45) is 5.10 Å². The molecule has 140 valence electrons. The van der Waals surface area contributed by atoms with Crippen LogP contribution in [0.4, 0.5) is 5.69 Å². The van der Waals surface area contributed by atoms with E-state index in [9.17, 15) is 14.4 Å². The number of halogens is 1. The Morgan fingerprint density at radius 3 is 2.59 bits per heavy atom. The van der Waals surface area contributed by atoms with Crippen LogP contribution in [0.1, 0.15) is 34.5 Å². The number of aromatic nitrogens is 1. The van der Waals surface area contributed by atoms with Gasteiger partial charge in [0.1, 0.15) is 11.4 Å². The summed E-state index contributed by atoms with van der Waals surface area (Å²) in [7, 11) is 0. The standard InChI is InChI=1S/C18H18BrN5O3/c1-10-3-4-11(2)15(7-10)24-16(25)6-5-13(23-24)17(26)21-22-18(27)14-8-12(19)9-20-14/h3-4,7-9,20H,5-6H2,1-2H3,(H,21,26)(H,22,27). The summed E-state index contributed by atoms with van der Waals surface area (Å²) >= 11 is 3.23. The molecule has 0 atom stereocenters. The highest BCUT2D eigenvalue weighted by molar-refractivity contribution is 9.10. The molecule has 1 aliphatic heterocycles. The van der Waals surface area contributed by atoms with Gasteiger partial charge >= 0.3 is 0 Å². The molecule has 3 rings (SSSR count). The molecule has 0 aliphatic carbocycles. The summed E-state index contributed by atoms with van der Waals surface area (Å²) in [5.74, 6) is -1.23. The van der Waals surface area contributed by atoms with E-state index in [0.717, 1.165) is 15.6 Å². The highest BCUT2D eigenvalue weighted by Gasteiger charge is 2.26. The van der Waals surface area contributed by atoms with Gasteiger partial charge in [-0.1, -0.05) is 12.1 Å². The molecule has 9 heteroatoms. The van der Waals surface area contributed by atoms with E-state index in [4.69, 9.17) is 0 Å². The number of nitrogens with zero attached hydrogens (tertiary/aromatic N) is 2. The van der Waals surface area contributed by atoms with Crippen LogP contribution in [0.5, 0.6) is 0 Å². The lowest BCUT2D eigenvalue weighted by Crippen LogP contribution is -2.47. The van der Waals surface area contributed by atoms with Gasteiger partial charge in [-0.15, -0.1) is 0 Å². The summed E-state index contributed by atoms with van der Waals surface area (Å²) in [5.41, 5.74) is 7.62. The van der Waals surface area contributed by atoms with E-state index >= 15 is 0 Å². The number of aromatic amines is 1. The number of carbonyl (C=O) groups excluding carboxylic acids is 3. The molecule has 0 bridgehead atoms. The van der Waals surface area contributed by atoms with Gasteiger partial charge in [0.05, 0.1) is 5.69 Å². The number of rotatable bonds is 3. The molecule has 1 aliphatic rings. The van der Waals surface area contributed by atoms with Crippen LogP contribution in [-0.4, -0.2) is 28.4 Å². The predicted octanol–water partition coefficient (Wildman–Crippen LogP) is 2.34. The lowest BCUT2D eigenvalue weighted by atomic mass is 10.1. The molecule has 0 radical (unpaired) electrons. The highest BCUT2D eigenvalue weighted by atomic mass is 79.9. The molecular weight excluding hydrogens is 414 g/mol. The zero-order valence-electron chi connectivity index (χ0n) is 14.8. The molecule has 3 N–H and O–H groups in total. The minimum absolute atomic E-state index is 0.164. The van der Waals surface area contributed by atoms with Crippen molar-refractivity contribution < 1.29 is 14.4 Å². The number of aryl methyl sites for hydroxylation is 2. The van der Waals surface area contributed by atoms with E-state index in [2.05, 4.69) is 36.9 Å². The number of anilines is 1. The van der Waals surface area contributed by atoms with Crippen LogP contribution in [0.15, 0.2) is 40.0 Å². The van der Waals surface area contributed by atoms with E-state index in [1.54, 1.807) is 12.3 Å². The Kier molecular flexibility index (Phi) is 5.41. The molecule has 3 amide bonds. The number of amides is 3. The van der Waals surface area contributed by atoms with Crippen molar-refractivity contribution in [2.45, 2.75) is 26.7 Å². The lowest BCUT2D eigenvalue weighted by molar-refractivity contribution is -0.119. The van der Waals surface area contributed by atoms with Gasteiger partial charge in [-0.25, -0.2) is 5.01 Å². The zero-order valence-corrected chi connectivity index (χ0v) is 16.4. The minimum Gasteiger partial charge on any atom is -0.356 e. The molecule has 1 aromatic carbocycles. The summed E-state index contributed by atoms with van der Waals surface area (Å²) in [6.07, 6.45) is 1.97. The second-order valence-electron chi connectivity index (χ2n) is 6.18. The maximum atomic E-state index is 12.4. The monoisotopic (exact) mass is 431 g/mol. The van der Waals surface area contributed by atoms with Crippen LogP contribution in [-0.2, 0) is 9.59 Å². The third-order valence-electron chi connectivity index (χ3n) is 4.07. The first kappa shape index (κ1) is 18.8. The van der Waals surface area contributed by atoms with Crippen molar-refractivity contribution >= 4 is 45.1 Å². The summed E-state index contributed by atoms with van der Waals surface area (Å²) in [5, 5.41) is 5.47. The van der Waals surface area contributed by atoms with Gasteiger partial charge in [-0.05, 0) is 53.0 Å². The molecule has 0 fully saturated rings. The summed E-state index contributed by atoms with van der Waals surface area (Å²) in [6, 6.07) is 7.28. The van der Waals surface area contributed by atoms with Crippen LogP contribution >= 0.6 is 15.9 Å². The fourth-order valence-corrected chi connectivity index (χ4v) is 2.95. The number of hydrazine groups is 1. The van der Waals surface area contributed by atoms with Crippen molar-refractivity contribution in [3.05, 3.63) is 51.8 Å². The lowest BCUT2D eigenvalue weighted by Gasteiger charge is -2.24. The number of hydrogen-bond acceptors (Lipinski definition) is 4. The molecule has 2 heterocycles. The average Bonchev–Trinajstić information content (AvgIpc) is 3.08. The number of nitrogens with one attached hydrogen (secondary N) is 3. The Balaban J connectivity index is 1.73. The molecule has 2 aromatic rings. The van der Waals surface area contributed by atoms with E-state index in [0.29, 0.717) is 11.4 Å². The van der Waals surface area contributed by atoms with Crippen LogP contribution in [0, 0.1) is 13.8 Å². The molecule has 27 heavy (non-hydrogen) atoms. The van der Waals surface area contributed by atoms with Gasteiger partial charge in [-0.2, -0.15) is 5.10 Å². The Morgan fingerprint density at radius 2 is 1.89 bits per heavy atom. The quantitative estimate of drug-likeness (QED) is 0.649. The first-order chi connectivity index (χ1) is 12.8. The molecular formula is C18H18BrN5O3. The number of carbonyl (C=O) groups is 3.